The molecule has 1 heterocycles. The van der Waals surface area contributed by atoms with Gasteiger partial charge >= 0.3 is 0 Å². The van der Waals surface area contributed by atoms with Crippen LogP contribution in [0.2, 0.25) is 0 Å². The molecule has 104 valence electrons. The molecule has 0 saturated heterocycles. The lowest BCUT2D eigenvalue weighted by atomic mass is 10.3. The third kappa shape index (κ3) is 8.08. The summed E-state index contributed by atoms with van der Waals surface area (Å²) in [6, 6.07) is 0. The SMILES string of the molecule is CC#CC(=O)CCOCCCNCCc1cn[nH]n1. The molecule has 0 radical (unpaired) electrons. The van der Waals surface area contributed by atoms with Gasteiger partial charge in [0, 0.05) is 26.0 Å². The van der Waals surface area contributed by atoms with Gasteiger partial charge in [-0.05, 0) is 25.8 Å². The molecule has 0 amide bonds. The average molecular weight is 264 g/mol. The van der Waals surface area contributed by atoms with Crippen molar-refractivity contribution in [2.24, 2.45) is 0 Å². The second-order valence-corrected chi connectivity index (χ2v) is 3.98. The van der Waals surface area contributed by atoms with Crippen molar-refractivity contribution in [3.05, 3.63) is 11.9 Å². The Morgan fingerprint density at radius 1 is 1.47 bits per heavy atom. The number of carbonyl (C=O) groups excluding carboxylic acids is 1. The van der Waals surface area contributed by atoms with E-state index in [1.54, 1.807) is 13.1 Å². The van der Waals surface area contributed by atoms with Gasteiger partial charge in [0.25, 0.3) is 0 Å². The number of nitrogens with zero attached hydrogens (tertiary/aromatic N) is 2. The molecule has 0 aliphatic rings. The number of aromatic amines is 1. The van der Waals surface area contributed by atoms with Gasteiger partial charge in [0.05, 0.1) is 18.5 Å². The van der Waals surface area contributed by atoms with Gasteiger partial charge in [0.2, 0.25) is 5.78 Å². The summed E-state index contributed by atoms with van der Waals surface area (Å²) in [4.78, 5) is 11.1. The number of carbonyl (C=O) groups is 1. The number of hydrogen-bond donors (Lipinski definition) is 2. The fraction of sp³-hybridized carbons (Fsp3) is 0.615. The van der Waals surface area contributed by atoms with E-state index in [1.165, 1.54) is 0 Å². The molecule has 0 aliphatic heterocycles. The number of ketones is 1. The Kier molecular flexibility index (Phi) is 8.27. The van der Waals surface area contributed by atoms with E-state index >= 15 is 0 Å². The summed E-state index contributed by atoms with van der Waals surface area (Å²) in [6.07, 6.45) is 3.88. The molecule has 6 nitrogen and oxygen atoms in total. The highest BCUT2D eigenvalue weighted by atomic mass is 16.5. The topological polar surface area (TPSA) is 79.9 Å². The monoisotopic (exact) mass is 264 g/mol. The summed E-state index contributed by atoms with van der Waals surface area (Å²) < 4.78 is 5.35. The van der Waals surface area contributed by atoms with Crippen molar-refractivity contribution < 1.29 is 9.53 Å². The van der Waals surface area contributed by atoms with Crippen LogP contribution >= 0.6 is 0 Å². The fourth-order valence-corrected chi connectivity index (χ4v) is 1.46. The molecule has 0 saturated carbocycles. The van der Waals surface area contributed by atoms with Crippen molar-refractivity contribution in [3.8, 4) is 11.8 Å². The Bertz CT molecular complexity index is 406. The summed E-state index contributed by atoms with van der Waals surface area (Å²) in [7, 11) is 0. The molecule has 6 heteroatoms. The molecule has 0 fully saturated rings. The smallest absolute Gasteiger partial charge is 0.207 e. The second kappa shape index (κ2) is 10.2. The number of Topliss-reactive ketones (excluding diaryl/α,β-unsaturated/α-hetero) is 1. The van der Waals surface area contributed by atoms with E-state index in [1.807, 2.05) is 0 Å². The third-order valence-corrected chi connectivity index (χ3v) is 2.40. The van der Waals surface area contributed by atoms with Crippen molar-refractivity contribution in [1.29, 1.82) is 0 Å². The van der Waals surface area contributed by atoms with Gasteiger partial charge in [-0.15, -0.1) is 0 Å². The van der Waals surface area contributed by atoms with Gasteiger partial charge in [-0.25, -0.2) is 0 Å². The van der Waals surface area contributed by atoms with Crippen molar-refractivity contribution >= 4 is 5.78 Å². The molecule has 0 aliphatic carbocycles. The minimum absolute atomic E-state index is 0.0618. The lowest BCUT2D eigenvalue weighted by Crippen LogP contribution is -2.20. The Hall–Kier alpha value is -1.71. The zero-order valence-electron chi connectivity index (χ0n) is 11.2. The molecule has 0 spiro atoms. The Morgan fingerprint density at radius 2 is 2.37 bits per heavy atom. The van der Waals surface area contributed by atoms with Crippen LogP contribution in [0.4, 0.5) is 0 Å². The molecule has 1 aromatic heterocycles. The van der Waals surface area contributed by atoms with E-state index in [9.17, 15) is 4.79 Å². The van der Waals surface area contributed by atoms with Crippen molar-refractivity contribution in [2.75, 3.05) is 26.3 Å². The van der Waals surface area contributed by atoms with E-state index < -0.39 is 0 Å². The van der Waals surface area contributed by atoms with Crippen LogP contribution in [-0.4, -0.2) is 47.5 Å². The summed E-state index contributed by atoms with van der Waals surface area (Å²) in [5.74, 6) is 5.00. The standard InChI is InChI=1S/C13H20N4O2/c1-2-4-13(18)6-10-19-9-3-7-14-8-5-12-11-15-17-16-12/h11,14H,3,5-10H2,1H3,(H,15,16,17). The minimum Gasteiger partial charge on any atom is -0.381 e. The maximum Gasteiger partial charge on any atom is 0.207 e. The number of ether oxygens (including phenoxy) is 1. The van der Waals surface area contributed by atoms with E-state index in [4.69, 9.17) is 4.74 Å². The normalized spacial score (nSPS) is 9.95. The van der Waals surface area contributed by atoms with Crippen LogP contribution in [-0.2, 0) is 16.0 Å². The predicted molar refractivity (Wildman–Crippen MR) is 71.5 cm³/mol. The number of H-pyrrole nitrogens is 1. The van der Waals surface area contributed by atoms with Crippen LogP contribution in [0, 0.1) is 11.8 Å². The highest BCUT2D eigenvalue weighted by Crippen LogP contribution is 1.89. The zero-order chi connectivity index (χ0) is 13.8. The summed E-state index contributed by atoms with van der Waals surface area (Å²) in [5.41, 5.74) is 0.958. The predicted octanol–water partition coefficient (Wildman–Crippen LogP) is 0.326. The van der Waals surface area contributed by atoms with Crippen LogP contribution < -0.4 is 5.32 Å². The van der Waals surface area contributed by atoms with Gasteiger partial charge < -0.3 is 10.1 Å². The largest absolute Gasteiger partial charge is 0.381 e. The van der Waals surface area contributed by atoms with Crippen LogP contribution in [0.25, 0.3) is 0 Å². The van der Waals surface area contributed by atoms with Crippen molar-refractivity contribution in [2.45, 2.75) is 26.2 Å². The maximum absolute atomic E-state index is 11.1. The number of rotatable bonds is 10. The lowest BCUT2D eigenvalue weighted by Gasteiger charge is -2.04. The number of hydrogen-bond acceptors (Lipinski definition) is 5. The average Bonchev–Trinajstić information content (AvgIpc) is 2.90. The first-order valence-corrected chi connectivity index (χ1v) is 6.41. The van der Waals surface area contributed by atoms with Crippen LogP contribution in [0.1, 0.15) is 25.5 Å². The van der Waals surface area contributed by atoms with E-state index in [0.29, 0.717) is 19.6 Å². The fourth-order valence-electron chi connectivity index (χ4n) is 1.46. The zero-order valence-corrected chi connectivity index (χ0v) is 11.2. The molecule has 0 bridgehead atoms. The third-order valence-electron chi connectivity index (χ3n) is 2.40. The lowest BCUT2D eigenvalue weighted by molar-refractivity contribution is -0.114. The molecule has 0 aromatic carbocycles. The summed E-state index contributed by atoms with van der Waals surface area (Å²) >= 11 is 0. The van der Waals surface area contributed by atoms with E-state index in [0.717, 1.165) is 31.6 Å². The maximum atomic E-state index is 11.1. The molecule has 1 aromatic rings. The number of nitrogens with one attached hydrogen (secondary N) is 2. The molecular formula is C13H20N4O2. The second-order valence-electron chi connectivity index (χ2n) is 3.98. The Balaban J connectivity index is 1.83. The first-order valence-electron chi connectivity index (χ1n) is 6.41. The van der Waals surface area contributed by atoms with Crippen LogP contribution in [0.3, 0.4) is 0 Å². The van der Waals surface area contributed by atoms with Gasteiger partial charge in [0.15, 0.2) is 0 Å². The van der Waals surface area contributed by atoms with Gasteiger partial charge in [0.1, 0.15) is 0 Å². The first kappa shape index (κ1) is 15.3. The Labute approximate surface area is 113 Å². The molecule has 0 unspecified atom stereocenters. The molecule has 2 N–H and O–H groups in total. The van der Waals surface area contributed by atoms with Crippen molar-refractivity contribution in [1.82, 2.24) is 20.7 Å². The minimum atomic E-state index is -0.0618. The van der Waals surface area contributed by atoms with Gasteiger partial charge in [-0.2, -0.15) is 15.4 Å². The summed E-state index contributed by atoms with van der Waals surface area (Å²) in [5, 5.41) is 13.6. The van der Waals surface area contributed by atoms with Crippen LogP contribution in [0.15, 0.2) is 6.20 Å². The summed E-state index contributed by atoms with van der Waals surface area (Å²) in [6.45, 7) is 4.53. The van der Waals surface area contributed by atoms with E-state index in [-0.39, 0.29) is 5.78 Å². The molecule has 19 heavy (non-hydrogen) atoms. The van der Waals surface area contributed by atoms with Crippen LogP contribution in [0.5, 0.6) is 0 Å². The quantitative estimate of drug-likeness (QED) is 0.361. The molecule has 1 rings (SSSR count). The molecule has 0 atom stereocenters. The van der Waals surface area contributed by atoms with Crippen molar-refractivity contribution in [3.63, 3.8) is 0 Å². The number of aromatic nitrogens is 3. The first-order chi connectivity index (χ1) is 9.33. The van der Waals surface area contributed by atoms with E-state index in [2.05, 4.69) is 32.6 Å². The Morgan fingerprint density at radius 3 is 3.11 bits per heavy atom. The molecular weight excluding hydrogens is 244 g/mol. The van der Waals surface area contributed by atoms with Gasteiger partial charge in [-0.3, -0.25) is 4.79 Å². The highest BCUT2D eigenvalue weighted by Gasteiger charge is 1.97. The highest BCUT2D eigenvalue weighted by molar-refractivity contribution is 5.95. The van der Waals surface area contributed by atoms with Gasteiger partial charge in [-0.1, -0.05) is 5.92 Å².